The van der Waals surface area contributed by atoms with Gasteiger partial charge in [0, 0.05) is 11.4 Å². The molecule has 1 aliphatic carbocycles. The summed E-state index contributed by atoms with van der Waals surface area (Å²) in [6, 6.07) is 5.99. The molecule has 3 rings (SSSR count). The van der Waals surface area contributed by atoms with Crippen LogP contribution in [-0.2, 0) is 6.61 Å². The Morgan fingerprint density at radius 3 is 2.78 bits per heavy atom. The summed E-state index contributed by atoms with van der Waals surface area (Å²) >= 11 is 0. The zero-order valence-electron chi connectivity index (χ0n) is 13.7. The molecular formula is C18H23N3O2. The molecule has 1 aromatic heterocycles. The average Bonchev–Trinajstić information content (AvgIpc) is 3.18. The summed E-state index contributed by atoms with van der Waals surface area (Å²) in [6.45, 7) is 3.85. The molecule has 0 unspecified atom stereocenters. The van der Waals surface area contributed by atoms with Crippen molar-refractivity contribution in [2.45, 2.75) is 52.2 Å². The van der Waals surface area contributed by atoms with E-state index >= 15 is 0 Å². The summed E-state index contributed by atoms with van der Waals surface area (Å²) in [6.07, 6.45) is 6.41. The van der Waals surface area contributed by atoms with Gasteiger partial charge in [-0.1, -0.05) is 25.0 Å². The molecule has 1 heterocycles. The molecule has 1 aromatic carbocycles. The monoisotopic (exact) mass is 313 g/mol. The molecule has 0 aliphatic heterocycles. The van der Waals surface area contributed by atoms with Crippen LogP contribution < -0.4 is 5.32 Å². The topological polar surface area (TPSA) is 67.2 Å². The number of carbonyl (C=O) groups is 1. The highest BCUT2D eigenvalue weighted by Crippen LogP contribution is 2.30. The minimum absolute atomic E-state index is 0.0399. The van der Waals surface area contributed by atoms with Gasteiger partial charge in [0.15, 0.2) is 0 Å². The Morgan fingerprint density at radius 2 is 2.09 bits per heavy atom. The van der Waals surface area contributed by atoms with E-state index in [4.69, 9.17) is 0 Å². The van der Waals surface area contributed by atoms with Crippen LogP contribution in [0.1, 0.15) is 58.9 Å². The van der Waals surface area contributed by atoms with Crippen molar-refractivity contribution in [2.24, 2.45) is 0 Å². The lowest BCUT2D eigenvalue weighted by atomic mass is 10.1. The van der Waals surface area contributed by atoms with E-state index in [0.29, 0.717) is 11.6 Å². The predicted molar refractivity (Wildman–Crippen MR) is 89.5 cm³/mol. The highest BCUT2D eigenvalue weighted by Gasteiger charge is 2.22. The van der Waals surface area contributed by atoms with E-state index < -0.39 is 0 Å². The Kier molecular flexibility index (Phi) is 4.48. The maximum Gasteiger partial charge on any atom is 0.259 e. The SMILES string of the molecule is Cc1ccc(CO)cc1NC(=O)c1cnn(C2CCCC2)c1C. The summed E-state index contributed by atoms with van der Waals surface area (Å²) in [7, 11) is 0. The zero-order chi connectivity index (χ0) is 16.4. The van der Waals surface area contributed by atoms with Gasteiger partial charge >= 0.3 is 0 Å². The minimum Gasteiger partial charge on any atom is -0.392 e. The Bertz CT molecular complexity index is 715. The zero-order valence-corrected chi connectivity index (χ0v) is 13.7. The predicted octanol–water partition coefficient (Wildman–Crippen LogP) is 3.36. The number of aliphatic hydroxyl groups excluding tert-OH is 1. The highest BCUT2D eigenvalue weighted by molar-refractivity contribution is 6.05. The second-order valence-corrected chi connectivity index (χ2v) is 6.29. The second kappa shape index (κ2) is 6.54. The number of hydrogen-bond donors (Lipinski definition) is 2. The number of benzene rings is 1. The standard InChI is InChI=1S/C18H23N3O2/c1-12-7-8-14(11-22)9-17(12)20-18(23)16-10-19-21(13(16)2)15-5-3-4-6-15/h7-10,15,22H,3-6,11H2,1-2H3,(H,20,23). The molecule has 5 heteroatoms. The van der Waals surface area contributed by atoms with Crippen LogP contribution in [0.15, 0.2) is 24.4 Å². The number of aryl methyl sites for hydroxylation is 1. The summed E-state index contributed by atoms with van der Waals surface area (Å²) in [4.78, 5) is 12.6. The van der Waals surface area contributed by atoms with Gasteiger partial charge in [-0.25, -0.2) is 0 Å². The third-order valence-corrected chi connectivity index (χ3v) is 4.69. The fourth-order valence-corrected chi connectivity index (χ4v) is 3.26. The fourth-order valence-electron chi connectivity index (χ4n) is 3.26. The summed E-state index contributed by atoms with van der Waals surface area (Å²) < 4.78 is 2.00. The maximum atomic E-state index is 12.6. The molecule has 122 valence electrons. The Hall–Kier alpha value is -2.14. The van der Waals surface area contributed by atoms with Crippen LogP contribution in [0.3, 0.4) is 0 Å². The van der Waals surface area contributed by atoms with Crippen LogP contribution in [0.25, 0.3) is 0 Å². The van der Waals surface area contributed by atoms with E-state index in [-0.39, 0.29) is 12.5 Å². The highest BCUT2D eigenvalue weighted by atomic mass is 16.3. The fraction of sp³-hybridized carbons (Fsp3) is 0.444. The van der Waals surface area contributed by atoms with E-state index in [1.54, 1.807) is 6.20 Å². The van der Waals surface area contributed by atoms with Crippen molar-refractivity contribution in [3.63, 3.8) is 0 Å². The number of nitrogens with zero attached hydrogens (tertiary/aromatic N) is 2. The molecule has 5 nitrogen and oxygen atoms in total. The number of aromatic nitrogens is 2. The van der Waals surface area contributed by atoms with Gasteiger partial charge in [0.05, 0.1) is 24.4 Å². The average molecular weight is 313 g/mol. The van der Waals surface area contributed by atoms with Crippen molar-refractivity contribution < 1.29 is 9.90 Å². The van der Waals surface area contributed by atoms with E-state index in [1.807, 2.05) is 36.7 Å². The first-order chi connectivity index (χ1) is 11.1. The van der Waals surface area contributed by atoms with Crippen molar-refractivity contribution >= 4 is 11.6 Å². The van der Waals surface area contributed by atoms with E-state index in [1.165, 1.54) is 12.8 Å². The van der Waals surface area contributed by atoms with Gasteiger partial charge in [-0.2, -0.15) is 5.10 Å². The summed E-state index contributed by atoms with van der Waals surface area (Å²) in [5, 5.41) is 16.6. The van der Waals surface area contributed by atoms with Crippen LogP contribution in [0.4, 0.5) is 5.69 Å². The summed E-state index contributed by atoms with van der Waals surface area (Å²) in [5.41, 5.74) is 4.02. The molecule has 0 atom stereocenters. The van der Waals surface area contributed by atoms with Gasteiger partial charge in [-0.15, -0.1) is 0 Å². The van der Waals surface area contributed by atoms with Crippen molar-refractivity contribution in [1.82, 2.24) is 9.78 Å². The lowest BCUT2D eigenvalue weighted by Gasteiger charge is -2.13. The molecule has 1 fully saturated rings. The number of carbonyl (C=O) groups excluding carboxylic acids is 1. The molecule has 1 amide bonds. The van der Waals surface area contributed by atoms with Crippen LogP contribution in [0, 0.1) is 13.8 Å². The first-order valence-corrected chi connectivity index (χ1v) is 8.16. The number of rotatable bonds is 4. The number of hydrogen-bond acceptors (Lipinski definition) is 3. The van der Waals surface area contributed by atoms with Gasteiger partial charge in [-0.3, -0.25) is 9.48 Å². The van der Waals surface area contributed by atoms with Gasteiger partial charge in [0.2, 0.25) is 0 Å². The lowest BCUT2D eigenvalue weighted by Crippen LogP contribution is -2.15. The molecule has 0 saturated heterocycles. The molecule has 0 bridgehead atoms. The number of aliphatic hydroxyl groups is 1. The number of amides is 1. The first-order valence-electron chi connectivity index (χ1n) is 8.16. The van der Waals surface area contributed by atoms with Crippen LogP contribution in [-0.4, -0.2) is 20.8 Å². The first kappa shape index (κ1) is 15.7. The number of nitrogens with one attached hydrogen (secondary N) is 1. The molecular weight excluding hydrogens is 290 g/mol. The van der Waals surface area contributed by atoms with Gasteiger partial charge < -0.3 is 10.4 Å². The van der Waals surface area contributed by atoms with Crippen molar-refractivity contribution in [3.05, 3.63) is 46.8 Å². The van der Waals surface area contributed by atoms with Crippen molar-refractivity contribution in [2.75, 3.05) is 5.32 Å². The Labute approximate surface area is 136 Å². The van der Waals surface area contributed by atoms with Crippen LogP contribution in [0.5, 0.6) is 0 Å². The number of anilines is 1. The largest absolute Gasteiger partial charge is 0.392 e. The van der Waals surface area contributed by atoms with Gasteiger partial charge in [0.25, 0.3) is 5.91 Å². The van der Waals surface area contributed by atoms with E-state index in [2.05, 4.69) is 10.4 Å². The molecule has 1 aliphatic rings. The Morgan fingerprint density at radius 1 is 1.35 bits per heavy atom. The molecule has 23 heavy (non-hydrogen) atoms. The molecule has 1 saturated carbocycles. The van der Waals surface area contributed by atoms with Gasteiger partial charge in [-0.05, 0) is 43.9 Å². The Balaban J connectivity index is 1.81. The van der Waals surface area contributed by atoms with Gasteiger partial charge in [0.1, 0.15) is 0 Å². The third kappa shape index (κ3) is 3.15. The maximum absolute atomic E-state index is 12.6. The summed E-state index contributed by atoms with van der Waals surface area (Å²) in [5.74, 6) is -0.148. The smallest absolute Gasteiger partial charge is 0.259 e. The molecule has 2 aromatic rings. The normalized spacial score (nSPS) is 15.1. The molecule has 2 N–H and O–H groups in total. The van der Waals surface area contributed by atoms with E-state index in [9.17, 15) is 9.90 Å². The second-order valence-electron chi connectivity index (χ2n) is 6.29. The molecule has 0 radical (unpaired) electrons. The van der Waals surface area contributed by atoms with Crippen LogP contribution in [0.2, 0.25) is 0 Å². The van der Waals surface area contributed by atoms with Crippen molar-refractivity contribution in [3.8, 4) is 0 Å². The minimum atomic E-state index is -0.148. The third-order valence-electron chi connectivity index (χ3n) is 4.69. The van der Waals surface area contributed by atoms with Crippen LogP contribution >= 0.6 is 0 Å². The van der Waals surface area contributed by atoms with E-state index in [0.717, 1.165) is 35.3 Å². The van der Waals surface area contributed by atoms with Crippen molar-refractivity contribution in [1.29, 1.82) is 0 Å². The lowest BCUT2D eigenvalue weighted by molar-refractivity contribution is 0.102. The molecule has 0 spiro atoms. The quantitative estimate of drug-likeness (QED) is 0.909.